The number of halogens is 2. The highest BCUT2D eigenvalue weighted by Crippen LogP contribution is 2.22. The molecule has 0 saturated carbocycles. The molecular weight excluding hydrogens is 349 g/mol. The summed E-state index contributed by atoms with van der Waals surface area (Å²) < 4.78 is 0. The third-order valence-corrected chi connectivity index (χ3v) is 3.99. The minimum absolute atomic E-state index is 0.389. The Balaban J connectivity index is 1.98. The zero-order valence-electron chi connectivity index (χ0n) is 13.1. The second-order valence-corrected chi connectivity index (χ2v) is 5.90. The lowest BCUT2D eigenvalue weighted by Crippen LogP contribution is -2.32. The number of hydrogen-bond acceptors (Lipinski definition) is 3. The van der Waals surface area contributed by atoms with Gasteiger partial charge in [0.2, 0.25) is 0 Å². The third-order valence-electron chi connectivity index (χ3n) is 3.33. The van der Waals surface area contributed by atoms with Crippen LogP contribution in [0.2, 0.25) is 10.0 Å². The van der Waals surface area contributed by atoms with Gasteiger partial charge in [0, 0.05) is 11.3 Å². The number of anilines is 1. The van der Waals surface area contributed by atoms with Gasteiger partial charge in [0.05, 0.1) is 16.3 Å². The first kappa shape index (κ1) is 18.0. The van der Waals surface area contributed by atoms with Gasteiger partial charge in [0.25, 0.3) is 0 Å². The number of benzene rings is 2. The lowest BCUT2D eigenvalue weighted by Gasteiger charge is -2.06. The molecule has 0 saturated heterocycles. The van der Waals surface area contributed by atoms with Crippen molar-refractivity contribution in [2.75, 3.05) is 5.32 Å². The zero-order valence-corrected chi connectivity index (χ0v) is 14.6. The Labute approximate surface area is 149 Å². The van der Waals surface area contributed by atoms with Crippen molar-refractivity contribution in [3.8, 4) is 0 Å². The maximum absolute atomic E-state index is 11.8. The van der Waals surface area contributed by atoms with Gasteiger partial charge in [-0.25, -0.2) is 5.43 Å². The molecule has 0 fully saturated rings. The molecule has 0 spiro atoms. The fourth-order valence-corrected chi connectivity index (χ4v) is 2.34. The summed E-state index contributed by atoms with van der Waals surface area (Å²) >= 11 is 11.9. The Hall–Kier alpha value is -2.37. The van der Waals surface area contributed by atoms with Crippen LogP contribution in [0.5, 0.6) is 0 Å². The molecule has 2 aromatic rings. The molecule has 2 aromatic carbocycles. The summed E-state index contributed by atoms with van der Waals surface area (Å²) in [4.78, 5) is 23.6. The van der Waals surface area contributed by atoms with E-state index in [4.69, 9.17) is 23.2 Å². The lowest BCUT2D eigenvalue weighted by atomic mass is 10.1. The molecule has 5 nitrogen and oxygen atoms in total. The van der Waals surface area contributed by atoms with Gasteiger partial charge >= 0.3 is 11.8 Å². The van der Waals surface area contributed by atoms with Gasteiger partial charge in [-0.3, -0.25) is 9.59 Å². The average molecular weight is 364 g/mol. The van der Waals surface area contributed by atoms with Gasteiger partial charge in [0.1, 0.15) is 0 Å². The summed E-state index contributed by atoms with van der Waals surface area (Å²) in [6.45, 7) is 3.88. The van der Waals surface area contributed by atoms with Gasteiger partial charge in [0.15, 0.2) is 0 Å². The van der Waals surface area contributed by atoms with E-state index < -0.39 is 11.8 Å². The number of hydrogen-bond donors (Lipinski definition) is 2. The van der Waals surface area contributed by atoms with Crippen LogP contribution >= 0.6 is 23.2 Å². The van der Waals surface area contributed by atoms with Crippen molar-refractivity contribution in [2.24, 2.45) is 5.10 Å². The normalized spacial score (nSPS) is 10.7. The van der Waals surface area contributed by atoms with Gasteiger partial charge in [-0.1, -0.05) is 35.3 Å². The highest BCUT2D eigenvalue weighted by molar-refractivity contribution is 6.40. The van der Waals surface area contributed by atoms with Crippen LogP contribution in [0.4, 0.5) is 5.69 Å². The Morgan fingerprint density at radius 1 is 1.00 bits per heavy atom. The Bertz CT molecular complexity index is 799. The van der Waals surface area contributed by atoms with Crippen LogP contribution in [0.1, 0.15) is 16.7 Å². The van der Waals surface area contributed by atoms with Crippen LogP contribution in [0.3, 0.4) is 0 Å². The highest BCUT2D eigenvalue weighted by Gasteiger charge is 2.13. The quantitative estimate of drug-likeness (QED) is 0.495. The van der Waals surface area contributed by atoms with E-state index in [-0.39, 0.29) is 0 Å². The summed E-state index contributed by atoms with van der Waals surface area (Å²) in [5, 5.41) is 6.99. The van der Waals surface area contributed by atoms with Crippen LogP contribution in [0.15, 0.2) is 41.5 Å². The topological polar surface area (TPSA) is 70.6 Å². The number of rotatable bonds is 3. The maximum Gasteiger partial charge on any atom is 0.329 e. The maximum atomic E-state index is 11.8. The Morgan fingerprint density at radius 2 is 1.67 bits per heavy atom. The first-order chi connectivity index (χ1) is 11.4. The molecule has 0 aromatic heterocycles. The fraction of sp³-hybridized carbons (Fsp3) is 0.118. The van der Waals surface area contributed by atoms with Crippen molar-refractivity contribution in [1.82, 2.24) is 5.43 Å². The van der Waals surface area contributed by atoms with Crippen molar-refractivity contribution < 1.29 is 9.59 Å². The van der Waals surface area contributed by atoms with E-state index >= 15 is 0 Å². The fourth-order valence-electron chi connectivity index (χ4n) is 1.85. The summed E-state index contributed by atoms with van der Waals surface area (Å²) in [5.74, 6) is -1.71. The first-order valence-electron chi connectivity index (χ1n) is 7.04. The minimum Gasteiger partial charge on any atom is -0.318 e. The second-order valence-electron chi connectivity index (χ2n) is 5.09. The molecule has 2 N–H and O–H groups in total. The van der Waals surface area contributed by atoms with E-state index in [1.807, 2.05) is 19.9 Å². The molecule has 0 unspecified atom stereocenters. The standard InChI is InChI=1S/C17H15Cl2N3O2/c1-10-6-7-12(8-11(10)2)21-16(23)17(24)22-20-9-13-14(18)4-3-5-15(13)19/h3-9H,1-2H3,(H,21,23)(H,22,24)/b20-9+. The number of carbonyl (C=O) groups excluding carboxylic acids is 2. The monoisotopic (exact) mass is 363 g/mol. The second kappa shape index (κ2) is 7.95. The smallest absolute Gasteiger partial charge is 0.318 e. The van der Waals surface area contributed by atoms with E-state index in [0.717, 1.165) is 11.1 Å². The molecular formula is C17H15Cl2N3O2. The van der Waals surface area contributed by atoms with Crippen molar-refractivity contribution in [3.05, 3.63) is 63.1 Å². The van der Waals surface area contributed by atoms with E-state index in [9.17, 15) is 9.59 Å². The zero-order chi connectivity index (χ0) is 17.7. The minimum atomic E-state index is -0.896. The van der Waals surface area contributed by atoms with Crippen molar-refractivity contribution in [1.29, 1.82) is 0 Å². The molecule has 0 aliphatic rings. The van der Waals surface area contributed by atoms with E-state index in [0.29, 0.717) is 21.3 Å². The molecule has 0 radical (unpaired) electrons. The number of nitrogens with one attached hydrogen (secondary N) is 2. The predicted octanol–water partition coefficient (Wildman–Crippen LogP) is 3.70. The molecule has 124 valence electrons. The van der Waals surface area contributed by atoms with E-state index in [1.54, 1.807) is 30.3 Å². The average Bonchev–Trinajstić information content (AvgIpc) is 2.53. The van der Waals surface area contributed by atoms with Crippen LogP contribution in [0.25, 0.3) is 0 Å². The number of carbonyl (C=O) groups is 2. The molecule has 24 heavy (non-hydrogen) atoms. The van der Waals surface area contributed by atoms with E-state index in [1.165, 1.54) is 6.21 Å². The molecule has 0 heterocycles. The van der Waals surface area contributed by atoms with Gasteiger partial charge in [-0.15, -0.1) is 0 Å². The molecule has 0 bridgehead atoms. The van der Waals surface area contributed by atoms with Crippen molar-refractivity contribution in [3.63, 3.8) is 0 Å². The summed E-state index contributed by atoms with van der Waals surface area (Å²) in [7, 11) is 0. The van der Waals surface area contributed by atoms with Crippen molar-refractivity contribution >= 4 is 46.9 Å². The van der Waals surface area contributed by atoms with Crippen LogP contribution in [-0.2, 0) is 9.59 Å². The van der Waals surface area contributed by atoms with Gasteiger partial charge < -0.3 is 5.32 Å². The predicted molar refractivity (Wildman–Crippen MR) is 96.7 cm³/mol. The molecule has 2 rings (SSSR count). The van der Waals surface area contributed by atoms with Gasteiger partial charge in [-0.05, 0) is 49.2 Å². The van der Waals surface area contributed by atoms with E-state index in [2.05, 4.69) is 15.8 Å². The number of nitrogens with zero attached hydrogens (tertiary/aromatic N) is 1. The highest BCUT2D eigenvalue weighted by atomic mass is 35.5. The summed E-state index contributed by atoms with van der Waals surface area (Å²) in [6, 6.07) is 10.3. The molecule has 7 heteroatoms. The Morgan fingerprint density at radius 3 is 2.29 bits per heavy atom. The summed E-state index contributed by atoms with van der Waals surface area (Å²) in [5.41, 5.74) is 5.23. The number of amides is 2. The number of aryl methyl sites for hydroxylation is 2. The third kappa shape index (κ3) is 4.57. The van der Waals surface area contributed by atoms with Crippen LogP contribution in [0, 0.1) is 13.8 Å². The number of hydrazone groups is 1. The van der Waals surface area contributed by atoms with Crippen LogP contribution in [-0.4, -0.2) is 18.0 Å². The largest absolute Gasteiger partial charge is 0.329 e. The molecule has 0 aliphatic heterocycles. The molecule has 2 amide bonds. The summed E-state index contributed by atoms with van der Waals surface area (Å²) in [6.07, 6.45) is 1.28. The first-order valence-corrected chi connectivity index (χ1v) is 7.79. The SMILES string of the molecule is Cc1ccc(NC(=O)C(=O)N/N=C/c2c(Cl)cccc2Cl)cc1C. The molecule has 0 aliphatic carbocycles. The lowest BCUT2D eigenvalue weighted by molar-refractivity contribution is -0.136. The Kier molecular flexibility index (Phi) is 5.95. The van der Waals surface area contributed by atoms with Crippen molar-refractivity contribution in [2.45, 2.75) is 13.8 Å². The van der Waals surface area contributed by atoms with Crippen LogP contribution < -0.4 is 10.7 Å². The van der Waals surface area contributed by atoms with Gasteiger partial charge in [-0.2, -0.15) is 5.10 Å². The molecule has 0 atom stereocenters.